The molecule has 2 aromatic carbocycles. The fourth-order valence-electron chi connectivity index (χ4n) is 3.65. The van der Waals surface area contributed by atoms with Crippen LogP contribution in [0.3, 0.4) is 0 Å². The van der Waals surface area contributed by atoms with E-state index in [1.165, 1.54) is 22.3 Å². The number of rotatable bonds is 3. The molecule has 4 rings (SSSR count). The average molecular weight is 265 g/mol. The first-order valence-electron chi connectivity index (χ1n) is 7.38. The highest BCUT2D eigenvalue weighted by molar-refractivity contribution is 5.50. The van der Waals surface area contributed by atoms with Crippen LogP contribution in [0.4, 0.5) is 0 Å². The third-order valence-electron chi connectivity index (χ3n) is 4.69. The maximum absolute atomic E-state index is 5.88. The summed E-state index contributed by atoms with van der Waals surface area (Å²) in [5.74, 6) is 1.68. The lowest BCUT2D eigenvalue weighted by Crippen LogP contribution is -2.31. The molecule has 0 aromatic heterocycles. The van der Waals surface area contributed by atoms with Gasteiger partial charge in [-0.2, -0.15) is 0 Å². The Morgan fingerprint density at radius 3 is 2.80 bits per heavy atom. The zero-order chi connectivity index (χ0) is 13.5. The molecule has 0 fully saturated rings. The van der Waals surface area contributed by atoms with E-state index in [1.807, 2.05) is 0 Å². The first-order chi connectivity index (χ1) is 9.88. The highest BCUT2D eigenvalue weighted by atomic mass is 16.5. The number of ether oxygens (including phenoxy) is 1. The predicted molar refractivity (Wildman–Crippen MR) is 80.3 cm³/mol. The van der Waals surface area contributed by atoms with Crippen LogP contribution in [0.15, 0.2) is 42.5 Å². The molecule has 0 bridgehead atoms. The molecule has 1 N–H and O–H groups in total. The monoisotopic (exact) mass is 265 g/mol. The van der Waals surface area contributed by atoms with Gasteiger partial charge in [-0.15, -0.1) is 0 Å². The smallest absolute Gasteiger partial charge is 0.127 e. The van der Waals surface area contributed by atoms with Gasteiger partial charge in [0.15, 0.2) is 0 Å². The molecular formula is C18H19NO. The SMILES string of the molecule is CNC(c1cccc2c1OCC2)C1Cc2ccccc21. The van der Waals surface area contributed by atoms with Crippen LogP contribution in [0.5, 0.6) is 5.75 Å². The van der Waals surface area contributed by atoms with Crippen LogP contribution in [-0.4, -0.2) is 13.7 Å². The van der Waals surface area contributed by atoms with Crippen LogP contribution in [0.1, 0.15) is 34.2 Å². The summed E-state index contributed by atoms with van der Waals surface area (Å²) in [5, 5.41) is 3.51. The third-order valence-corrected chi connectivity index (χ3v) is 4.69. The summed E-state index contributed by atoms with van der Waals surface area (Å²) in [7, 11) is 2.06. The number of fused-ring (bicyclic) bond motifs is 2. The topological polar surface area (TPSA) is 21.3 Å². The van der Waals surface area contributed by atoms with E-state index in [-0.39, 0.29) is 0 Å². The predicted octanol–water partition coefficient (Wildman–Crippen LogP) is 3.22. The van der Waals surface area contributed by atoms with E-state index < -0.39 is 0 Å². The molecule has 0 spiro atoms. The van der Waals surface area contributed by atoms with Gasteiger partial charge in [0.2, 0.25) is 0 Å². The molecule has 102 valence electrons. The van der Waals surface area contributed by atoms with E-state index in [2.05, 4.69) is 54.8 Å². The van der Waals surface area contributed by atoms with Crippen molar-refractivity contribution in [2.75, 3.05) is 13.7 Å². The molecule has 1 heterocycles. The highest BCUT2D eigenvalue weighted by Crippen LogP contribution is 2.46. The van der Waals surface area contributed by atoms with E-state index >= 15 is 0 Å². The maximum Gasteiger partial charge on any atom is 0.127 e. The molecular weight excluding hydrogens is 246 g/mol. The van der Waals surface area contributed by atoms with Gasteiger partial charge in [-0.05, 0) is 30.2 Å². The van der Waals surface area contributed by atoms with Gasteiger partial charge in [-0.3, -0.25) is 0 Å². The summed E-state index contributed by atoms with van der Waals surface area (Å²) in [6.07, 6.45) is 2.20. The summed E-state index contributed by atoms with van der Waals surface area (Å²) < 4.78 is 5.88. The molecule has 2 heteroatoms. The Labute approximate surface area is 119 Å². The van der Waals surface area contributed by atoms with Crippen molar-refractivity contribution in [2.24, 2.45) is 0 Å². The van der Waals surface area contributed by atoms with E-state index in [0.717, 1.165) is 25.2 Å². The van der Waals surface area contributed by atoms with E-state index in [9.17, 15) is 0 Å². The van der Waals surface area contributed by atoms with Crippen molar-refractivity contribution in [2.45, 2.75) is 24.8 Å². The van der Waals surface area contributed by atoms with Gasteiger partial charge >= 0.3 is 0 Å². The van der Waals surface area contributed by atoms with Crippen LogP contribution in [0, 0.1) is 0 Å². The van der Waals surface area contributed by atoms with Crippen molar-refractivity contribution >= 4 is 0 Å². The van der Waals surface area contributed by atoms with Gasteiger partial charge in [0.25, 0.3) is 0 Å². The van der Waals surface area contributed by atoms with Crippen molar-refractivity contribution < 1.29 is 4.74 Å². The van der Waals surface area contributed by atoms with Crippen LogP contribution >= 0.6 is 0 Å². The minimum absolute atomic E-state index is 0.345. The number of benzene rings is 2. The first kappa shape index (κ1) is 12.0. The van der Waals surface area contributed by atoms with Crippen molar-refractivity contribution in [3.63, 3.8) is 0 Å². The lowest BCUT2D eigenvalue weighted by molar-refractivity contribution is 0.342. The Morgan fingerprint density at radius 2 is 1.95 bits per heavy atom. The minimum Gasteiger partial charge on any atom is -0.493 e. The molecule has 2 nitrogen and oxygen atoms in total. The molecule has 20 heavy (non-hydrogen) atoms. The Morgan fingerprint density at radius 1 is 1.10 bits per heavy atom. The third kappa shape index (κ3) is 1.68. The zero-order valence-electron chi connectivity index (χ0n) is 11.7. The number of likely N-dealkylation sites (N-methyl/N-ethyl adjacent to an activating group) is 1. The fraction of sp³-hybridized carbons (Fsp3) is 0.333. The normalized spacial score (nSPS) is 20.6. The minimum atomic E-state index is 0.345. The zero-order valence-corrected chi connectivity index (χ0v) is 11.7. The van der Waals surface area contributed by atoms with Crippen molar-refractivity contribution in [3.8, 4) is 5.75 Å². The molecule has 0 saturated carbocycles. The second-order valence-electron chi connectivity index (χ2n) is 5.71. The molecule has 2 aromatic rings. The van der Waals surface area contributed by atoms with Gasteiger partial charge in [0.1, 0.15) is 5.75 Å². The Kier molecular flexibility index (Phi) is 2.78. The van der Waals surface area contributed by atoms with Crippen LogP contribution in [-0.2, 0) is 12.8 Å². The molecule has 1 aliphatic heterocycles. The van der Waals surface area contributed by atoms with Gasteiger partial charge in [-0.1, -0.05) is 42.5 Å². The lowest BCUT2D eigenvalue weighted by Gasteiger charge is -2.37. The molecule has 2 unspecified atom stereocenters. The van der Waals surface area contributed by atoms with Crippen molar-refractivity contribution in [1.82, 2.24) is 5.32 Å². The van der Waals surface area contributed by atoms with E-state index in [4.69, 9.17) is 4.74 Å². The maximum atomic E-state index is 5.88. The average Bonchev–Trinajstić information content (AvgIpc) is 2.93. The van der Waals surface area contributed by atoms with Crippen molar-refractivity contribution in [3.05, 3.63) is 64.7 Å². The van der Waals surface area contributed by atoms with Gasteiger partial charge in [0.05, 0.1) is 6.61 Å². The first-order valence-corrected chi connectivity index (χ1v) is 7.38. The van der Waals surface area contributed by atoms with Crippen LogP contribution in [0.2, 0.25) is 0 Å². The summed E-state index contributed by atoms with van der Waals surface area (Å²) >= 11 is 0. The molecule has 0 radical (unpaired) electrons. The van der Waals surface area contributed by atoms with Crippen molar-refractivity contribution in [1.29, 1.82) is 0 Å². The van der Waals surface area contributed by atoms with E-state index in [1.54, 1.807) is 0 Å². The second-order valence-corrected chi connectivity index (χ2v) is 5.71. The van der Waals surface area contributed by atoms with Crippen LogP contribution < -0.4 is 10.1 Å². The molecule has 0 saturated heterocycles. The lowest BCUT2D eigenvalue weighted by atomic mass is 9.71. The van der Waals surface area contributed by atoms with Gasteiger partial charge in [-0.25, -0.2) is 0 Å². The summed E-state index contributed by atoms with van der Waals surface area (Å²) in [5.41, 5.74) is 5.66. The number of hydrogen-bond donors (Lipinski definition) is 1. The second kappa shape index (κ2) is 4.64. The fourth-order valence-corrected chi connectivity index (χ4v) is 3.65. The van der Waals surface area contributed by atoms with E-state index in [0.29, 0.717) is 12.0 Å². The summed E-state index contributed by atoms with van der Waals surface area (Å²) in [6.45, 7) is 0.823. The Balaban J connectivity index is 1.73. The Bertz CT molecular complexity index is 650. The largest absolute Gasteiger partial charge is 0.493 e. The molecule has 1 aliphatic carbocycles. The standard InChI is InChI=1S/C18H19NO/c1-19-17(16-11-13-5-2-3-7-14(13)16)15-8-4-6-12-9-10-20-18(12)15/h2-8,16-17,19H,9-11H2,1H3. The highest BCUT2D eigenvalue weighted by Gasteiger charge is 2.35. The summed E-state index contributed by atoms with van der Waals surface area (Å²) in [6, 6.07) is 15.7. The molecule has 0 amide bonds. The number of para-hydroxylation sites is 1. The summed E-state index contributed by atoms with van der Waals surface area (Å²) in [4.78, 5) is 0. The van der Waals surface area contributed by atoms with Gasteiger partial charge in [0, 0.05) is 23.9 Å². The number of nitrogens with one attached hydrogen (secondary N) is 1. The van der Waals surface area contributed by atoms with Gasteiger partial charge < -0.3 is 10.1 Å². The molecule has 2 aliphatic rings. The molecule has 2 atom stereocenters. The Hall–Kier alpha value is -1.80. The number of hydrogen-bond acceptors (Lipinski definition) is 2. The van der Waals surface area contributed by atoms with Crippen LogP contribution in [0.25, 0.3) is 0 Å². The quantitative estimate of drug-likeness (QED) is 0.920.